The van der Waals surface area contributed by atoms with Gasteiger partial charge < -0.3 is 15.0 Å². The van der Waals surface area contributed by atoms with Crippen LogP contribution in [-0.2, 0) is 0 Å². The number of hydrogen-bond donors (Lipinski definition) is 1. The Labute approximate surface area is 105 Å². The molecular weight excluding hydrogens is 230 g/mol. The summed E-state index contributed by atoms with van der Waals surface area (Å²) in [6.07, 6.45) is 0.755. The van der Waals surface area contributed by atoms with Gasteiger partial charge in [0.25, 0.3) is 0 Å². The van der Waals surface area contributed by atoms with Gasteiger partial charge in [-0.15, -0.1) is 0 Å². The number of nitrogens with one attached hydrogen (secondary N) is 1. The van der Waals surface area contributed by atoms with Crippen molar-refractivity contribution in [2.24, 2.45) is 4.99 Å². The molecule has 1 atom stereocenters. The highest BCUT2D eigenvalue weighted by Crippen LogP contribution is 2.33. The number of likely N-dealkylation sites (N-methyl/N-ethyl adjacent to an activating group) is 1. The number of aldehydes is 1. The number of carbonyl (C=O) groups is 1. The Bertz CT molecular complexity index is 513. The van der Waals surface area contributed by atoms with Crippen LogP contribution in [-0.4, -0.2) is 44.9 Å². The lowest BCUT2D eigenvalue weighted by Gasteiger charge is -2.33. The first-order chi connectivity index (χ1) is 8.78. The Balaban J connectivity index is 1.92. The fraction of sp³-hybridized carbons (Fsp3) is 0.385. The molecule has 0 radical (unpaired) electrons. The molecule has 3 rings (SSSR count). The monoisotopic (exact) mass is 245 g/mol. The predicted octanol–water partition coefficient (Wildman–Crippen LogP) is 0.698. The van der Waals surface area contributed by atoms with E-state index in [-0.39, 0.29) is 6.10 Å². The molecule has 0 aromatic heterocycles. The lowest BCUT2D eigenvalue weighted by molar-refractivity contribution is 0.112. The smallest absolute Gasteiger partial charge is 0.173 e. The minimum absolute atomic E-state index is 0.0769. The molecule has 0 saturated carbocycles. The van der Waals surface area contributed by atoms with Gasteiger partial charge >= 0.3 is 0 Å². The Kier molecular flexibility index (Phi) is 2.66. The van der Waals surface area contributed by atoms with E-state index in [0.29, 0.717) is 5.56 Å². The molecule has 0 amide bonds. The van der Waals surface area contributed by atoms with Crippen LogP contribution in [0.25, 0.3) is 0 Å². The van der Waals surface area contributed by atoms with Crippen molar-refractivity contribution in [3.8, 4) is 5.75 Å². The molecule has 1 aromatic rings. The minimum Gasteiger partial charge on any atom is -0.478 e. The maximum atomic E-state index is 10.8. The molecule has 2 heterocycles. The summed E-state index contributed by atoms with van der Waals surface area (Å²) in [4.78, 5) is 17.3. The van der Waals surface area contributed by atoms with Crippen molar-refractivity contribution < 1.29 is 9.53 Å². The lowest BCUT2D eigenvalue weighted by atomic mass is 10.1. The van der Waals surface area contributed by atoms with Crippen LogP contribution in [0.4, 0.5) is 5.69 Å². The highest BCUT2D eigenvalue weighted by molar-refractivity contribution is 5.90. The molecule has 0 spiro atoms. The summed E-state index contributed by atoms with van der Waals surface area (Å²) in [7, 11) is 2.02. The second-order valence-electron chi connectivity index (χ2n) is 4.53. The zero-order valence-electron chi connectivity index (χ0n) is 10.2. The molecule has 94 valence electrons. The summed E-state index contributed by atoms with van der Waals surface area (Å²) >= 11 is 0. The van der Waals surface area contributed by atoms with Gasteiger partial charge in [-0.2, -0.15) is 0 Å². The maximum Gasteiger partial charge on any atom is 0.173 e. The van der Waals surface area contributed by atoms with Gasteiger partial charge in [-0.1, -0.05) is 0 Å². The van der Waals surface area contributed by atoms with E-state index >= 15 is 0 Å². The molecule has 18 heavy (non-hydrogen) atoms. The fourth-order valence-electron chi connectivity index (χ4n) is 2.33. The molecule has 0 bridgehead atoms. The summed E-state index contributed by atoms with van der Waals surface area (Å²) < 4.78 is 5.93. The number of anilines is 1. The summed E-state index contributed by atoms with van der Waals surface area (Å²) in [5.74, 6) is 1.65. The lowest BCUT2D eigenvalue weighted by Crippen LogP contribution is -2.46. The van der Waals surface area contributed by atoms with Crippen molar-refractivity contribution in [1.29, 1.82) is 0 Å². The highest BCUT2D eigenvalue weighted by Gasteiger charge is 2.28. The van der Waals surface area contributed by atoms with E-state index in [2.05, 4.69) is 15.2 Å². The van der Waals surface area contributed by atoms with E-state index in [4.69, 9.17) is 4.74 Å². The zero-order chi connectivity index (χ0) is 12.5. The first-order valence-corrected chi connectivity index (χ1v) is 6.03. The number of ether oxygens (including phenoxy) is 1. The van der Waals surface area contributed by atoms with E-state index in [9.17, 15) is 4.79 Å². The maximum absolute atomic E-state index is 10.8. The topological polar surface area (TPSA) is 53.9 Å². The van der Waals surface area contributed by atoms with E-state index in [1.807, 2.05) is 13.1 Å². The van der Waals surface area contributed by atoms with Crippen molar-refractivity contribution in [2.45, 2.75) is 6.10 Å². The fourth-order valence-corrected chi connectivity index (χ4v) is 2.33. The third-order valence-corrected chi connectivity index (χ3v) is 3.25. The molecule has 5 heteroatoms. The van der Waals surface area contributed by atoms with Crippen LogP contribution in [0.5, 0.6) is 5.75 Å². The normalized spacial score (nSPS) is 21.7. The molecule has 2 aliphatic heterocycles. The Morgan fingerprint density at radius 1 is 1.56 bits per heavy atom. The molecule has 1 aromatic carbocycles. The quantitative estimate of drug-likeness (QED) is 0.779. The van der Waals surface area contributed by atoms with Crippen LogP contribution in [0.1, 0.15) is 10.4 Å². The van der Waals surface area contributed by atoms with Crippen LogP contribution in [0.2, 0.25) is 0 Å². The molecule has 0 aliphatic carbocycles. The van der Waals surface area contributed by atoms with E-state index in [1.165, 1.54) is 0 Å². The molecule has 1 N–H and O–H groups in total. The Morgan fingerprint density at radius 3 is 3.17 bits per heavy atom. The van der Waals surface area contributed by atoms with Crippen LogP contribution in [0, 0.1) is 0 Å². The molecule has 2 aliphatic rings. The van der Waals surface area contributed by atoms with E-state index < -0.39 is 0 Å². The van der Waals surface area contributed by atoms with Crippen LogP contribution >= 0.6 is 0 Å². The Morgan fingerprint density at radius 2 is 2.44 bits per heavy atom. The second-order valence-corrected chi connectivity index (χ2v) is 4.53. The first kappa shape index (κ1) is 11.1. The second kappa shape index (κ2) is 4.33. The van der Waals surface area contributed by atoms with Gasteiger partial charge in [-0.25, -0.2) is 0 Å². The van der Waals surface area contributed by atoms with Crippen molar-refractivity contribution in [1.82, 2.24) is 5.32 Å². The number of carbonyl (C=O) groups excluding carboxylic acids is 1. The zero-order valence-corrected chi connectivity index (χ0v) is 10.2. The predicted molar refractivity (Wildman–Crippen MR) is 69.8 cm³/mol. The molecule has 5 nitrogen and oxygen atoms in total. The first-order valence-electron chi connectivity index (χ1n) is 6.03. The van der Waals surface area contributed by atoms with Crippen LogP contribution in [0.3, 0.4) is 0 Å². The molecule has 0 saturated heterocycles. The van der Waals surface area contributed by atoms with Crippen molar-refractivity contribution in [3.05, 3.63) is 23.8 Å². The number of fused-ring (bicyclic) bond motifs is 1. The van der Waals surface area contributed by atoms with E-state index in [1.54, 1.807) is 12.1 Å². The van der Waals surface area contributed by atoms with Gasteiger partial charge in [-0.05, 0) is 18.2 Å². The van der Waals surface area contributed by atoms with Gasteiger partial charge in [-0.3, -0.25) is 9.79 Å². The molecule has 0 fully saturated rings. The summed E-state index contributed by atoms with van der Waals surface area (Å²) in [6, 6.07) is 5.50. The van der Waals surface area contributed by atoms with Gasteiger partial charge in [0.05, 0.1) is 18.8 Å². The summed E-state index contributed by atoms with van der Waals surface area (Å²) in [5.41, 5.74) is 1.64. The summed E-state index contributed by atoms with van der Waals surface area (Å²) in [5, 5.41) is 3.24. The average Bonchev–Trinajstić information content (AvgIpc) is 2.91. The SMILES string of the molecule is CN1CC(C2=NCCN2)Oc2cc(C=O)ccc21. The minimum atomic E-state index is -0.0769. The van der Waals surface area contributed by atoms with Gasteiger partial charge in [0.1, 0.15) is 17.9 Å². The van der Waals surface area contributed by atoms with Crippen LogP contribution < -0.4 is 15.0 Å². The van der Waals surface area contributed by atoms with E-state index in [0.717, 1.165) is 43.2 Å². The van der Waals surface area contributed by atoms with Gasteiger partial charge in [0.15, 0.2) is 6.10 Å². The van der Waals surface area contributed by atoms with Crippen LogP contribution in [0.15, 0.2) is 23.2 Å². The van der Waals surface area contributed by atoms with Gasteiger partial charge in [0, 0.05) is 19.2 Å². The highest BCUT2D eigenvalue weighted by atomic mass is 16.5. The van der Waals surface area contributed by atoms with Crippen molar-refractivity contribution in [3.63, 3.8) is 0 Å². The standard InChI is InChI=1S/C13H15N3O2/c1-16-7-12(13-14-4-5-15-13)18-11-6-9(8-17)2-3-10(11)16/h2-3,6,8,12H,4-5,7H2,1H3,(H,14,15). The molecule has 1 unspecified atom stereocenters. The Hall–Kier alpha value is -2.04. The number of rotatable bonds is 2. The number of hydrogen-bond acceptors (Lipinski definition) is 5. The molecular formula is C13H15N3O2. The van der Waals surface area contributed by atoms with Crippen molar-refractivity contribution >= 4 is 17.8 Å². The number of nitrogens with zero attached hydrogens (tertiary/aromatic N) is 2. The number of benzene rings is 1. The number of aliphatic imine (C=N–C) groups is 1. The third kappa shape index (κ3) is 1.81. The average molecular weight is 245 g/mol. The van der Waals surface area contributed by atoms with Gasteiger partial charge in [0.2, 0.25) is 0 Å². The third-order valence-electron chi connectivity index (χ3n) is 3.25. The number of amidine groups is 1. The largest absolute Gasteiger partial charge is 0.478 e. The summed E-state index contributed by atoms with van der Waals surface area (Å²) in [6.45, 7) is 2.44. The van der Waals surface area contributed by atoms with Crippen molar-refractivity contribution in [2.75, 3.05) is 31.6 Å².